The van der Waals surface area contributed by atoms with Crippen LogP contribution < -0.4 is 5.73 Å². The van der Waals surface area contributed by atoms with E-state index in [0.29, 0.717) is 12.2 Å². The number of quaternary nitrogens is 1. The Morgan fingerprint density at radius 3 is 2.76 bits per heavy atom. The number of carboxylic acids is 1. The van der Waals surface area contributed by atoms with E-state index in [2.05, 4.69) is 10.7 Å². The highest BCUT2D eigenvalue weighted by Gasteiger charge is 2.22. The Balaban J connectivity index is 2.08. The first-order valence-corrected chi connectivity index (χ1v) is 6.86. The lowest BCUT2D eigenvalue weighted by Crippen LogP contribution is -2.56. The van der Waals surface area contributed by atoms with Crippen LogP contribution in [0.3, 0.4) is 0 Å². The molecule has 2 aromatic rings. The molecule has 2 unspecified atom stereocenters. The third-order valence-electron chi connectivity index (χ3n) is 3.16. The van der Waals surface area contributed by atoms with E-state index in [9.17, 15) is 9.90 Å². The van der Waals surface area contributed by atoms with Gasteiger partial charge in [0, 0.05) is 18.3 Å². The summed E-state index contributed by atoms with van der Waals surface area (Å²) in [7, 11) is 0. The average molecular weight is 290 g/mol. The number of carbonyl (C=O) groups is 1. The number of nitrogens with zero attached hydrogens (tertiary/aromatic N) is 2. The van der Waals surface area contributed by atoms with Crippen LogP contribution in [0, 0.1) is 0 Å². The number of benzene rings is 1. The highest BCUT2D eigenvalue weighted by atomic mass is 16.5. The van der Waals surface area contributed by atoms with Crippen LogP contribution >= 0.6 is 0 Å². The third-order valence-corrected chi connectivity index (χ3v) is 3.16. The van der Waals surface area contributed by atoms with Gasteiger partial charge in [-0.3, -0.25) is 0 Å². The molecule has 1 aromatic heterocycles. The second-order valence-electron chi connectivity index (χ2n) is 4.87. The molecule has 21 heavy (non-hydrogen) atoms. The molecule has 2 rings (SSSR count). The van der Waals surface area contributed by atoms with Gasteiger partial charge in [0.15, 0.2) is 6.10 Å². The highest BCUT2D eigenvalue weighted by Crippen LogP contribution is 2.11. The summed E-state index contributed by atoms with van der Waals surface area (Å²) in [6.07, 6.45) is 2.64. The predicted octanol–water partition coefficient (Wildman–Crippen LogP) is 0.515. The van der Waals surface area contributed by atoms with Crippen molar-refractivity contribution >= 4 is 5.97 Å². The molecule has 0 aliphatic heterocycles. The molecule has 1 aromatic carbocycles. The predicted molar refractivity (Wildman–Crippen MR) is 77.0 cm³/mol. The van der Waals surface area contributed by atoms with Crippen molar-refractivity contribution in [3.63, 3.8) is 0 Å². The molecule has 1 heterocycles. The molecule has 6 heteroatoms. The van der Waals surface area contributed by atoms with Crippen molar-refractivity contribution in [2.24, 2.45) is 0 Å². The minimum atomic E-state index is -0.982. The summed E-state index contributed by atoms with van der Waals surface area (Å²) >= 11 is 0. The minimum absolute atomic E-state index is 0.192. The van der Waals surface area contributed by atoms with Crippen molar-refractivity contribution in [3.8, 4) is 5.69 Å². The van der Waals surface area contributed by atoms with Crippen LogP contribution in [-0.4, -0.2) is 39.4 Å². The molecule has 6 nitrogen and oxygen atoms in total. The van der Waals surface area contributed by atoms with Crippen molar-refractivity contribution in [2.45, 2.75) is 25.6 Å². The topological polar surface area (TPSA) is 92.0 Å². The normalized spacial score (nSPS) is 13.8. The molecule has 0 bridgehead atoms. The Labute approximate surface area is 123 Å². The zero-order valence-corrected chi connectivity index (χ0v) is 12.0. The Morgan fingerprint density at radius 1 is 1.43 bits per heavy atom. The first-order chi connectivity index (χ1) is 10.1. The Bertz CT molecular complexity index is 583. The fourth-order valence-electron chi connectivity index (χ4n) is 1.94. The van der Waals surface area contributed by atoms with Gasteiger partial charge in [-0.05, 0) is 19.1 Å². The number of aliphatic carboxylic acids is 1. The molecule has 0 amide bonds. The average Bonchev–Trinajstić information content (AvgIpc) is 2.95. The molecule has 0 saturated heterocycles. The maximum atomic E-state index is 11.3. The van der Waals surface area contributed by atoms with Gasteiger partial charge in [0.25, 0.3) is 0 Å². The van der Waals surface area contributed by atoms with Crippen LogP contribution in [0.4, 0.5) is 0 Å². The maximum absolute atomic E-state index is 11.3. The van der Waals surface area contributed by atoms with Gasteiger partial charge in [0.05, 0.1) is 12.0 Å². The Hall–Kier alpha value is -2.18. The number of imidazole rings is 1. The molecule has 0 saturated carbocycles. The number of rotatable bonds is 7. The molecule has 0 aliphatic carbocycles. The zero-order valence-electron chi connectivity index (χ0n) is 12.0. The van der Waals surface area contributed by atoms with Gasteiger partial charge < -0.3 is 20.1 Å². The number of carboxylic acid groups (broad SMARTS) is 1. The molecule has 0 aliphatic rings. The van der Waals surface area contributed by atoms with E-state index in [1.54, 1.807) is 6.33 Å². The first-order valence-electron chi connectivity index (χ1n) is 6.86. The van der Waals surface area contributed by atoms with Crippen molar-refractivity contribution < 1.29 is 20.4 Å². The highest BCUT2D eigenvalue weighted by molar-refractivity contribution is 5.72. The minimum Gasteiger partial charge on any atom is -0.479 e. The van der Waals surface area contributed by atoms with Crippen molar-refractivity contribution in [2.75, 3.05) is 6.54 Å². The Kier molecular flexibility index (Phi) is 5.08. The first kappa shape index (κ1) is 15.2. The van der Waals surface area contributed by atoms with E-state index in [1.165, 1.54) is 0 Å². The third kappa shape index (κ3) is 4.14. The summed E-state index contributed by atoms with van der Waals surface area (Å²) in [5, 5.41) is 9.22. The summed E-state index contributed by atoms with van der Waals surface area (Å²) in [5.41, 5.74) is 5.38. The van der Waals surface area contributed by atoms with Crippen LogP contribution in [-0.2, 0) is 16.0 Å². The van der Waals surface area contributed by atoms with Crippen LogP contribution in [0.25, 0.3) is 5.69 Å². The summed E-state index contributed by atoms with van der Waals surface area (Å²) < 4.78 is 7.33. The fourth-order valence-corrected chi connectivity index (χ4v) is 1.94. The summed E-state index contributed by atoms with van der Waals surface area (Å²) in [5.74, 6) is -0.982. The van der Waals surface area contributed by atoms with Crippen molar-refractivity contribution in [3.05, 3.63) is 48.5 Å². The lowest BCUT2D eigenvalue weighted by Gasteiger charge is -2.15. The van der Waals surface area contributed by atoms with Crippen LogP contribution in [0.2, 0.25) is 0 Å². The summed E-state index contributed by atoms with van der Waals surface area (Å²) in [4.78, 5) is 15.5. The largest absolute Gasteiger partial charge is 0.479 e. The molecule has 0 radical (unpaired) electrons. The van der Waals surface area contributed by atoms with Gasteiger partial charge >= 0.3 is 5.97 Å². The SMILES string of the molecule is CC(C[NH3+])OC(Cc1cn(-c2ccccc2)cn1)C(=O)O. The zero-order chi connectivity index (χ0) is 15.2. The maximum Gasteiger partial charge on any atom is 0.333 e. The molecule has 2 atom stereocenters. The molecular formula is C15H20N3O3+. The number of para-hydroxylation sites is 1. The molecule has 4 N–H and O–H groups in total. The van der Waals surface area contributed by atoms with Crippen LogP contribution in [0.5, 0.6) is 0 Å². The summed E-state index contributed by atoms with van der Waals surface area (Å²) in [6.45, 7) is 2.34. The lowest BCUT2D eigenvalue weighted by molar-refractivity contribution is -0.386. The van der Waals surface area contributed by atoms with Crippen LogP contribution in [0.1, 0.15) is 12.6 Å². The Morgan fingerprint density at radius 2 is 2.14 bits per heavy atom. The van der Waals surface area contributed by atoms with E-state index in [-0.39, 0.29) is 12.5 Å². The van der Waals surface area contributed by atoms with Gasteiger partial charge in [-0.25, -0.2) is 9.78 Å². The molecular weight excluding hydrogens is 270 g/mol. The van der Waals surface area contributed by atoms with Gasteiger partial charge in [-0.2, -0.15) is 0 Å². The van der Waals surface area contributed by atoms with E-state index in [1.807, 2.05) is 48.0 Å². The second-order valence-corrected chi connectivity index (χ2v) is 4.87. The van der Waals surface area contributed by atoms with Crippen molar-refractivity contribution in [1.82, 2.24) is 9.55 Å². The molecule has 112 valence electrons. The second kappa shape index (κ2) is 7.01. The van der Waals surface area contributed by atoms with E-state index in [4.69, 9.17) is 4.74 Å². The lowest BCUT2D eigenvalue weighted by atomic mass is 10.2. The molecule has 0 fully saturated rings. The van der Waals surface area contributed by atoms with Gasteiger partial charge in [0.2, 0.25) is 0 Å². The fraction of sp³-hybridized carbons (Fsp3) is 0.333. The monoisotopic (exact) mass is 290 g/mol. The molecule has 0 spiro atoms. The van der Waals surface area contributed by atoms with Gasteiger partial charge in [0.1, 0.15) is 12.6 Å². The van der Waals surface area contributed by atoms with Gasteiger partial charge in [-0.15, -0.1) is 0 Å². The number of aromatic nitrogens is 2. The standard InChI is InChI=1S/C15H19N3O3/c1-11(8-16)21-14(15(19)20)7-12-9-18(10-17-12)13-5-3-2-4-6-13/h2-6,9-11,14H,7-8,16H2,1H3,(H,19,20)/p+1. The quantitative estimate of drug-likeness (QED) is 0.777. The van der Waals surface area contributed by atoms with E-state index in [0.717, 1.165) is 5.69 Å². The number of hydrogen-bond acceptors (Lipinski definition) is 3. The number of ether oxygens (including phenoxy) is 1. The van der Waals surface area contributed by atoms with Crippen molar-refractivity contribution in [1.29, 1.82) is 0 Å². The van der Waals surface area contributed by atoms with Crippen LogP contribution in [0.15, 0.2) is 42.9 Å². The summed E-state index contributed by atoms with van der Waals surface area (Å²) in [6, 6.07) is 9.74. The van der Waals surface area contributed by atoms with E-state index >= 15 is 0 Å². The number of hydrogen-bond donors (Lipinski definition) is 2. The van der Waals surface area contributed by atoms with E-state index < -0.39 is 12.1 Å². The smallest absolute Gasteiger partial charge is 0.333 e. The van der Waals surface area contributed by atoms with Gasteiger partial charge in [-0.1, -0.05) is 18.2 Å².